The Kier molecular flexibility index (Phi) is 7.14. The topological polar surface area (TPSA) is 77.1 Å². The van der Waals surface area contributed by atoms with Gasteiger partial charge in [0.2, 0.25) is 0 Å². The van der Waals surface area contributed by atoms with Gasteiger partial charge in [0.1, 0.15) is 17.2 Å². The van der Waals surface area contributed by atoms with E-state index in [1.165, 1.54) is 0 Å². The van der Waals surface area contributed by atoms with Crippen molar-refractivity contribution in [3.63, 3.8) is 0 Å². The highest BCUT2D eigenvalue weighted by Crippen LogP contribution is 2.35. The van der Waals surface area contributed by atoms with Gasteiger partial charge in [-0.3, -0.25) is 9.59 Å². The van der Waals surface area contributed by atoms with Crippen molar-refractivity contribution >= 4 is 39.1 Å². The van der Waals surface area contributed by atoms with Gasteiger partial charge in [0.25, 0.3) is 11.8 Å². The van der Waals surface area contributed by atoms with Crippen LogP contribution < -0.4 is 24.4 Å². The fraction of sp³-hybridized carbons (Fsp3) is 0.200. The Labute approximate surface area is 200 Å². The van der Waals surface area contributed by atoms with Gasteiger partial charge in [-0.1, -0.05) is 22.0 Å². The number of fused-ring (bicyclic) bond motifs is 1. The number of nitrogens with one attached hydrogen (secondary N) is 1. The average Bonchev–Trinajstić information content (AvgIpc) is 2.83. The molecule has 0 saturated heterocycles. The third-order valence-electron chi connectivity index (χ3n) is 5.10. The molecule has 4 rings (SSSR count). The largest absolute Gasteiger partial charge is 0.497 e. The molecule has 2 amide bonds. The number of amides is 2. The zero-order valence-electron chi connectivity index (χ0n) is 18.0. The molecule has 0 atom stereocenters. The number of rotatable bonds is 8. The van der Waals surface area contributed by atoms with Crippen molar-refractivity contribution in [2.75, 3.05) is 37.1 Å². The molecule has 3 aromatic carbocycles. The molecule has 170 valence electrons. The number of benzene rings is 3. The second-order valence-corrected chi connectivity index (χ2v) is 8.27. The lowest BCUT2D eigenvalue weighted by molar-refractivity contribution is -0.121. The summed E-state index contributed by atoms with van der Waals surface area (Å²) >= 11 is 3.37. The van der Waals surface area contributed by atoms with Crippen molar-refractivity contribution in [3.05, 3.63) is 76.8 Å². The van der Waals surface area contributed by atoms with Crippen LogP contribution in [0, 0.1) is 0 Å². The monoisotopic (exact) mass is 510 g/mol. The molecule has 7 nitrogen and oxygen atoms in total. The molecular formula is C25H23BrN2O5. The lowest BCUT2D eigenvalue weighted by atomic mass is 10.1. The smallest absolute Gasteiger partial charge is 0.265 e. The van der Waals surface area contributed by atoms with Gasteiger partial charge < -0.3 is 24.4 Å². The second-order valence-electron chi connectivity index (χ2n) is 7.36. The molecule has 33 heavy (non-hydrogen) atoms. The highest BCUT2D eigenvalue weighted by molar-refractivity contribution is 9.10. The maximum absolute atomic E-state index is 12.6. The number of nitrogens with zero attached hydrogens (tertiary/aromatic N) is 1. The van der Waals surface area contributed by atoms with Crippen molar-refractivity contribution < 1.29 is 23.8 Å². The highest BCUT2D eigenvalue weighted by atomic mass is 79.9. The predicted molar refractivity (Wildman–Crippen MR) is 129 cm³/mol. The van der Waals surface area contributed by atoms with E-state index in [2.05, 4.69) is 21.2 Å². The minimum Gasteiger partial charge on any atom is -0.497 e. The summed E-state index contributed by atoms with van der Waals surface area (Å²) in [5, 5.41) is 2.88. The van der Waals surface area contributed by atoms with E-state index in [4.69, 9.17) is 14.2 Å². The van der Waals surface area contributed by atoms with Gasteiger partial charge in [-0.05, 0) is 67.1 Å². The molecule has 8 heteroatoms. The first kappa shape index (κ1) is 22.7. The molecular weight excluding hydrogens is 488 g/mol. The molecule has 0 aromatic heterocycles. The molecule has 0 bridgehead atoms. The van der Waals surface area contributed by atoms with Crippen LogP contribution in [-0.4, -0.2) is 38.7 Å². The molecule has 0 spiro atoms. The quantitative estimate of drug-likeness (QED) is 0.436. The Morgan fingerprint density at radius 3 is 2.64 bits per heavy atom. The summed E-state index contributed by atoms with van der Waals surface area (Å²) in [7, 11) is 1.62. The number of carbonyl (C=O) groups is 2. The van der Waals surface area contributed by atoms with Crippen LogP contribution in [0.4, 0.5) is 11.4 Å². The summed E-state index contributed by atoms with van der Waals surface area (Å²) < 4.78 is 17.3. The van der Waals surface area contributed by atoms with Crippen LogP contribution in [0.3, 0.4) is 0 Å². The SMILES string of the molecule is COc1ccc(OCCCN2C(=O)COc3ccc(NC(=O)c4cccc(Br)c4)cc32)cc1. The van der Waals surface area contributed by atoms with Gasteiger partial charge >= 0.3 is 0 Å². The summed E-state index contributed by atoms with van der Waals surface area (Å²) in [6.45, 7) is 0.899. The average molecular weight is 511 g/mol. The molecule has 1 heterocycles. The maximum atomic E-state index is 12.6. The van der Waals surface area contributed by atoms with Crippen molar-refractivity contribution in [1.29, 1.82) is 0 Å². The Morgan fingerprint density at radius 1 is 1.09 bits per heavy atom. The van der Waals surface area contributed by atoms with Crippen molar-refractivity contribution in [2.45, 2.75) is 6.42 Å². The first-order valence-electron chi connectivity index (χ1n) is 10.4. The number of ether oxygens (including phenoxy) is 3. The maximum Gasteiger partial charge on any atom is 0.265 e. The summed E-state index contributed by atoms with van der Waals surface area (Å²) in [6, 6.07) is 19.8. The Morgan fingerprint density at radius 2 is 1.88 bits per heavy atom. The molecule has 3 aromatic rings. The number of halogens is 1. The Hall–Kier alpha value is -3.52. The van der Waals surface area contributed by atoms with Crippen LogP contribution in [0.1, 0.15) is 16.8 Å². The van der Waals surface area contributed by atoms with Crippen molar-refractivity contribution in [3.8, 4) is 17.2 Å². The highest BCUT2D eigenvalue weighted by Gasteiger charge is 2.25. The lowest BCUT2D eigenvalue weighted by Gasteiger charge is -2.30. The van der Waals surface area contributed by atoms with E-state index in [1.807, 2.05) is 30.3 Å². The number of carbonyl (C=O) groups excluding carboxylic acids is 2. The zero-order valence-corrected chi connectivity index (χ0v) is 19.6. The number of anilines is 2. The van der Waals surface area contributed by atoms with E-state index in [0.29, 0.717) is 42.3 Å². The molecule has 0 unspecified atom stereocenters. The van der Waals surface area contributed by atoms with Crippen molar-refractivity contribution in [2.24, 2.45) is 0 Å². The van der Waals surface area contributed by atoms with E-state index in [0.717, 1.165) is 16.0 Å². The van der Waals surface area contributed by atoms with Gasteiger partial charge in [0, 0.05) is 22.3 Å². The fourth-order valence-electron chi connectivity index (χ4n) is 3.44. The summed E-state index contributed by atoms with van der Waals surface area (Å²) in [5.41, 5.74) is 1.74. The van der Waals surface area contributed by atoms with E-state index >= 15 is 0 Å². The van der Waals surface area contributed by atoms with Gasteiger partial charge in [-0.15, -0.1) is 0 Å². The van der Waals surface area contributed by atoms with Gasteiger partial charge in [-0.2, -0.15) is 0 Å². The van der Waals surface area contributed by atoms with Crippen LogP contribution in [0.5, 0.6) is 17.2 Å². The Balaban J connectivity index is 1.40. The van der Waals surface area contributed by atoms with Crippen LogP contribution in [-0.2, 0) is 4.79 Å². The van der Waals surface area contributed by atoms with Crippen LogP contribution in [0.2, 0.25) is 0 Å². The second kappa shape index (κ2) is 10.4. The fourth-order valence-corrected chi connectivity index (χ4v) is 3.84. The standard InChI is InChI=1S/C25H23BrN2O5/c1-31-20-7-9-21(10-8-20)32-13-3-12-28-22-15-19(6-11-23(22)33-16-24(28)29)27-25(30)17-4-2-5-18(26)14-17/h2,4-11,14-15H,3,12-13,16H2,1H3,(H,27,30). The molecule has 0 radical (unpaired) electrons. The lowest BCUT2D eigenvalue weighted by Crippen LogP contribution is -2.39. The molecule has 0 fully saturated rings. The predicted octanol–water partition coefficient (Wildman–Crippen LogP) is 4.90. The number of hydrogen-bond acceptors (Lipinski definition) is 5. The third kappa shape index (κ3) is 5.64. The van der Waals surface area contributed by atoms with Crippen LogP contribution in [0.25, 0.3) is 0 Å². The molecule has 1 aliphatic rings. The minimum atomic E-state index is -0.237. The first-order chi connectivity index (χ1) is 16.0. The third-order valence-corrected chi connectivity index (χ3v) is 5.59. The minimum absolute atomic E-state index is 0.0178. The molecule has 1 N–H and O–H groups in total. The Bertz CT molecular complexity index is 1150. The summed E-state index contributed by atoms with van der Waals surface area (Å²) in [6.07, 6.45) is 0.631. The normalized spacial score (nSPS) is 12.5. The van der Waals surface area contributed by atoms with Gasteiger partial charge in [0.15, 0.2) is 6.61 Å². The van der Waals surface area contributed by atoms with E-state index in [1.54, 1.807) is 48.4 Å². The van der Waals surface area contributed by atoms with E-state index in [-0.39, 0.29) is 18.4 Å². The van der Waals surface area contributed by atoms with Crippen LogP contribution >= 0.6 is 15.9 Å². The van der Waals surface area contributed by atoms with Gasteiger partial charge in [0.05, 0.1) is 19.4 Å². The first-order valence-corrected chi connectivity index (χ1v) is 11.2. The van der Waals surface area contributed by atoms with Gasteiger partial charge in [-0.25, -0.2) is 0 Å². The summed E-state index contributed by atoms with van der Waals surface area (Å²) in [5.74, 6) is 1.73. The number of hydrogen-bond donors (Lipinski definition) is 1. The molecule has 1 aliphatic heterocycles. The van der Waals surface area contributed by atoms with Crippen molar-refractivity contribution in [1.82, 2.24) is 0 Å². The van der Waals surface area contributed by atoms with E-state index < -0.39 is 0 Å². The number of methoxy groups -OCH3 is 1. The molecule has 0 saturated carbocycles. The summed E-state index contributed by atoms with van der Waals surface area (Å²) in [4.78, 5) is 26.8. The zero-order chi connectivity index (χ0) is 23.2. The molecule has 0 aliphatic carbocycles. The van der Waals surface area contributed by atoms with Crippen LogP contribution in [0.15, 0.2) is 71.2 Å². The van der Waals surface area contributed by atoms with E-state index in [9.17, 15) is 9.59 Å².